The Kier molecular flexibility index (Phi) is 12.4. The smallest absolute Gasteiger partial charge is 0.407 e. The van der Waals surface area contributed by atoms with E-state index in [2.05, 4.69) is 30.6 Å². The number of ether oxygens (including phenoxy) is 3. The average molecular weight is 773 g/mol. The van der Waals surface area contributed by atoms with Crippen LogP contribution in [0, 0.1) is 11.7 Å². The zero-order chi connectivity index (χ0) is 40.1. The molecule has 15 nitrogen and oxygen atoms in total. The van der Waals surface area contributed by atoms with E-state index >= 15 is 4.39 Å². The van der Waals surface area contributed by atoms with Crippen LogP contribution < -0.4 is 10.6 Å². The first-order valence-electron chi connectivity index (χ1n) is 18.8. The van der Waals surface area contributed by atoms with Gasteiger partial charge in [0.15, 0.2) is 0 Å². The largest absolute Gasteiger partial charge is 0.453 e. The number of rotatable bonds is 12. The number of carbonyl (C=O) groups excluding carboxylic acids is 4. The van der Waals surface area contributed by atoms with Crippen molar-refractivity contribution in [1.82, 2.24) is 40.4 Å². The Balaban J connectivity index is 1.13. The second kappa shape index (κ2) is 17.4. The number of carbonyl (C=O) groups is 4. The lowest BCUT2D eigenvalue weighted by Crippen LogP contribution is -2.54. The molecule has 4 aromatic rings. The molecule has 2 aromatic carbocycles. The fourth-order valence-electron chi connectivity index (χ4n) is 7.44. The molecule has 2 fully saturated rings. The standard InChI is InChI=1S/C40H49FN8O7/c1-22(2)33(46-39(52)55-5)37(50)48-17-7-9-31(48)35-42-20-29(44-35)25-13-11-24(12-14-25)26-15-16-27(28(41)19-26)30-21-43-36(45-30)32-10-8-18-49(32)38(51)34(23(3)54-4)47-40(53)56-6/h11-16,19-23,31-34H,7-10,17-18H2,1-6H3,(H,42,44)(H,43,45)(H,46,52)(H,47,53)/t23-,31+,32+,33+,34-/m1/s1. The molecule has 2 aromatic heterocycles. The summed E-state index contributed by atoms with van der Waals surface area (Å²) in [6.07, 6.45) is 4.25. The summed E-state index contributed by atoms with van der Waals surface area (Å²) >= 11 is 0. The van der Waals surface area contributed by atoms with Crippen molar-refractivity contribution in [3.8, 4) is 33.6 Å². The third-order valence-corrected chi connectivity index (χ3v) is 10.6. The van der Waals surface area contributed by atoms with Gasteiger partial charge in [0, 0.05) is 25.8 Å². The van der Waals surface area contributed by atoms with E-state index in [-0.39, 0.29) is 29.8 Å². The van der Waals surface area contributed by atoms with Gasteiger partial charge in [0.25, 0.3) is 0 Å². The highest BCUT2D eigenvalue weighted by molar-refractivity contribution is 5.87. The molecule has 6 rings (SSSR count). The maximum atomic E-state index is 15.7. The number of amides is 4. The molecule has 56 heavy (non-hydrogen) atoms. The molecule has 4 heterocycles. The molecule has 0 aliphatic carbocycles. The highest BCUT2D eigenvalue weighted by Gasteiger charge is 2.39. The molecule has 2 aliphatic rings. The van der Waals surface area contributed by atoms with Crippen LogP contribution in [0.15, 0.2) is 54.9 Å². The first-order chi connectivity index (χ1) is 26.9. The van der Waals surface area contributed by atoms with Gasteiger partial charge in [0.1, 0.15) is 29.5 Å². The lowest BCUT2D eigenvalue weighted by atomic mass is 10.0. The van der Waals surface area contributed by atoms with E-state index in [0.29, 0.717) is 48.0 Å². The van der Waals surface area contributed by atoms with E-state index in [1.807, 2.05) is 44.2 Å². The van der Waals surface area contributed by atoms with Crippen molar-refractivity contribution in [3.63, 3.8) is 0 Å². The van der Waals surface area contributed by atoms with Gasteiger partial charge in [-0.15, -0.1) is 0 Å². The molecule has 0 bridgehead atoms. The maximum Gasteiger partial charge on any atom is 0.407 e. The summed E-state index contributed by atoms with van der Waals surface area (Å²) in [7, 11) is 3.96. The number of likely N-dealkylation sites (tertiary alicyclic amines) is 2. The molecule has 4 N–H and O–H groups in total. The van der Waals surface area contributed by atoms with Crippen LogP contribution in [0.1, 0.15) is 70.2 Å². The number of methoxy groups -OCH3 is 3. The van der Waals surface area contributed by atoms with E-state index in [1.54, 1.807) is 35.2 Å². The molecular weight excluding hydrogens is 723 g/mol. The Morgan fingerprint density at radius 1 is 0.732 bits per heavy atom. The minimum atomic E-state index is -0.958. The van der Waals surface area contributed by atoms with E-state index in [4.69, 9.17) is 14.2 Å². The number of hydrogen-bond acceptors (Lipinski definition) is 9. The second-order valence-electron chi connectivity index (χ2n) is 14.4. The number of H-pyrrole nitrogens is 2. The van der Waals surface area contributed by atoms with Gasteiger partial charge in [-0.2, -0.15) is 0 Å². The number of halogens is 1. The van der Waals surface area contributed by atoms with Crippen LogP contribution >= 0.6 is 0 Å². The third kappa shape index (κ3) is 8.39. The minimum Gasteiger partial charge on any atom is -0.453 e. The van der Waals surface area contributed by atoms with Gasteiger partial charge in [-0.1, -0.05) is 44.2 Å². The molecule has 0 spiro atoms. The Labute approximate surface area is 324 Å². The van der Waals surface area contributed by atoms with Gasteiger partial charge in [-0.25, -0.2) is 23.9 Å². The number of alkyl carbamates (subject to hydrolysis) is 2. The number of imidazole rings is 2. The van der Waals surface area contributed by atoms with E-state index in [1.165, 1.54) is 27.4 Å². The zero-order valence-electron chi connectivity index (χ0n) is 32.4. The molecule has 16 heteroatoms. The topological polar surface area (TPSA) is 184 Å². The number of benzene rings is 2. The van der Waals surface area contributed by atoms with Gasteiger partial charge in [0.05, 0.1) is 56.2 Å². The molecule has 4 amide bonds. The Morgan fingerprint density at radius 2 is 1.23 bits per heavy atom. The summed E-state index contributed by atoms with van der Waals surface area (Å²) in [4.78, 5) is 70.2. The van der Waals surface area contributed by atoms with E-state index < -0.39 is 36.2 Å². The lowest BCUT2D eigenvalue weighted by Gasteiger charge is -2.30. The third-order valence-electron chi connectivity index (χ3n) is 10.6. The Morgan fingerprint density at radius 3 is 1.77 bits per heavy atom. The molecule has 298 valence electrons. The maximum absolute atomic E-state index is 15.7. The first kappa shape index (κ1) is 39.9. The van der Waals surface area contributed by atoms with Gasteiger partial charge in [-0.05, 0) is 67.3 Å². The molecule has 0 radical (unpaired) electrons. The highest BCUT2D eigenvalue weighted by atomic mass is 19.1. The summed E-state index contributed by atoms with van der Waals surface area (Å²) in [5.41, 5.74) is 3.97. The quantitative estimate of drug-likeness (QED) is 0.140. The number of aromatic amines is 2. The van der Waals surface area contributed by atoms with Crippen LogP contribution in [0.4, 0.5) is 14.0 Å². The van der Waals surface area contributed by atoms with Crippen LogP contribution in [0.5, 0.6) is 0 Å². The lowest BCUT2D eigenvalue weighted by molar-refractivity contribution is -0.137. The van der Waals surface area contributed by atoms with Crippen molar-refractivity contribution >= 4 is 24.0 Å². The summed E-state index contributed by atoms with van der Waals surface area (Å²) < 4.78 is 30.5. The number of nitrogens with zero attached hydrogens (tertiary/aromatic N) is 4. The molecular formula is C40H49FN8O7. The number of nitrogens with one attached hydrogen (secondary N) is 4. The van der Waals surface area contributed by atoms with Gasteiger partial charge in [-0.3, -0.25) is 9.59 Å². The predicted octanol–water partition coefficient (Wildman–Crippen LogP) is 5.74. The van der Waals surface area contributed by atoms with Crippen molar-refractivity contribution in [2.24, 2.45) is 5.92 Å². The minimum absolute atomic E-state index is 0.132. The van der Waals surface area contributed by atoms with Gasteiger partial charge < -0.3 is 44.6 Å². The van der Waals surface area contributed by atoms with E-state index in [9.17, 15) is 19.2 Å². The van der Waals surface area contributed by atoms with Crippen molar-refractivity contribution in [3.05, 3.63) is 72.3 Å². The predicted molar refractivity (Wildman–Crippen MR) is 204 cm³/mol. The molecule has 0 unspecified atom stereocenters. The molecule has 5 atom stereocenters. The van der Waals surface area contributed by atoms with Crippen LogP contribution in [0.3, 0.4) is 0 Å². The zero-order valence-corrected chi connectivity index (χ0v) is 32.4. The van der Waals surface area contributed by atoms with Crippen molar-refractivity contribution < 1.29 is 37.8 Å². The van der Waals surface area contributed by atoms with Crippen LogP contribution in [-0.4, -0.2) is 106 Å². The normalized spacial score (nSPS) is 18.4. The average Bonchev–Trinajstić information content (AvgIpc) is 4.05. The fourth-order valence-corrected chi connectivity index (χ4v) is 7.44. The Hall–Kier alpha value is -5.77. The fraction of sp³-hybridized carbons (Fsp3) is 0.450. The van der Waals surface area contributed by atoms with Gasteiger partial charge >= 0.3 is 12.2 Å². The highest BCUT2D eigenvalue weighted by Crippen LogP contribution is 2.35. The summed E-state index contributed by atoms with van der Waals surface area (Å²) in [5.74, 6) is 0.129. The molecule has 0 saturated carbocycles. The number of hydrogen-bond donors (Lipinski definition) is 4. The first-order valence-corrected chi connectivity index (χ1v) is 18.8. The summed E-state index contributed by atoms with van der Waals surface area (Å²) in [5, 5.41) is 5.25. The van der Waals surface area contributed by atoms with Crippen molar-refractivity contribution in [1.29, 1.82) is 0 Å². The second-order valence-corrected chi connectivity index (χ2v) is 14.4. The number of aromatic nitrogens is 4. The SMILES string of the molecule is COC(=O)N[C@H](C(=O)N1CCC[C@H]1c1ncc(-c2ccc(-c3ccc(-c4cnc([C@@H]5CCCN5C(=O)[C@H](NC(=O)OC)[C@@H](C)OC)[nH]4)c(F)c3)cc2)[nH]1)C(C)C. The monoisotopic (exact) mass is 772 g/mol. The van der Waals surface area contributed by atoms with Crippen molar-refractivity contribution in [2.45, 2.75) is 76.7 Å². The van der Waals surface area contributed by atoms with Gasteiger partial charge in [0.2, 0.25) is 11.8 Å². The van der Waals surface area contributed by atoms with E-state index in [0.717, 1.165) is 36.1 Å². The van der Waals surface area contributed by atoms with Crippen LogP contribution in [-0.2, 0) is 23.8 Å². The summed E-state index contributed by atoms with van der Waals surface area (Å²) in [6.45, 7) is 6.48. The van der Waals surface area contributed by atoms with Crippen LogP contribution in [0.2, 0.25) is 0 Å². The summed E-state index contributed by atoms with van der Waals surface area (Å²) in [6, 6.07) is 10.4. The molecule has 2 aliphatic heterocycles. The van der Waals surface area contributed by atoms with Crippen molar-refractivity contribution in [2.75, 3.05) is 34.4 Å². The molecule has 2 saturated heterocycles. The van der Waals surface area contributed by atoms with Crippen LogP contribution in [0.25, 0.3) is 33.6 Å². The Bertz CT molecular complexity index is 2030.